The summed E-state index contributed by atoms with van der Waals surface area (Å²) in [7, 11) is 1.66. The van der Waals surface area contributed by atoms with Crippen molar-refractivity contribution < 1.29 is 14.3 Å². The van der Waals surface area contributed by atoms with Gasteiger partial charge in [-0.1, -0.05) is 48.5 Å². The minimum absolute atomic E-state index is 0.0610. The summed E-state index contributed by atoms with van der Waals surface area (Å²) >= 11 is 0. The van der Waals surface area contributed by atoms with E-state index in [1.807, 2.05) is 60.7 Å². The second-order valence-corrected chi connectivity index (χ2v) is 8.72. The molecule has 1 unspecified atom stereocenters. The van der Waals surface area contributed by atoms with Crippen molar-refractivity contribution in [3.05, 3.63) is 89.5 Å². The molecular weight excluding hydrogens is 440 g/mol. The number of para-hydroxylation sites is 1. The standard InChI is InChI=1S/C28H30N4O3/c1-34-28-23-13-7-6-12-22(23)27(30-31-28)20-14-15-25(32-16-8-3-9-17-32)24(18-20)29-26(33)19-35-21-10-4-2-5-11-21/h2,4-7,10-15,18,28,31H,3,8-9,16-17,19H2,1H3,(H,29,33). The van der Waals surface area contributed by atoms with E-state index in [9.17, 15) is 4.79 Å². The number of nitrogens with one attached hydrogen (secondary N) is 2. The summed E-state index contributed by atoms with van der Waals surface area (Å²) in [5, 5.41) is 7.72. The molecule has 180 valence electrons. The van der Waals surface area contributed by atoms with Crippen molar-refractivity contribution in [1.29, 1.82) is 0 Å². The fourth-order valence-electron chi connectivity index (χ4n) is 4.64. The van der Waals surface area contributed by atoms with E-state index in [0.717, 1.165) is 59.7 Å². The zero-order valence-electron chi connectivity index (χ0n) is 19.9. The van der Waals surface area contributed by atoms with Crippen molar-refractivity contribution in [2.75, 3.05) is 37.0 Å². The number of rotatable bonds is 7. The molecule has 1 saturated heterocycles. The van der Waals surface area contributed by atoms with Crippen LogP contribution in [-0.4, -0.2) is 38.4 Å². The molecule has 2 aliphatic heterocycles. The van der Waals surface area contributed by atoms with Crippen LogP contribution in [0.4, 0.5) is 11.4 Å². The van der Waals surface area contributed by atoms with E-state index in [2.05, 4.69) is 32.9 Å². The maximum Gasteiger partial charge on any atom is 0.262 e. The zero-order valence-corrected chi connectivity index (χ0v) is 19.9. The Kier molecular flexibility index (Phi) is 6.95. The summed E-state index contributed by atoms with van der Waals surface area (Å²) in [6.45, 7) is 1.89. The number of anilines is 2. The van der Waals surface area contributed by atoms with Crippen LogP contribution < -0.4 is 20.4 Å². The first kappa shape index (κ1) is 22.9. The maximum absolute atomic E-state index is 12.9. The number of piperidine rings is 1. The van der Waals surface area contributed by atoms with Gasteiger partial charge >= 0.3 is 0 Å². The van der Waals surface area contributed by atoms with E-state index >= 15 is 0 Å². The van der Waals surface area contributed by atoms with Crippen LogP contribution in [0.2, 0.25) is 0 Å². The molecule has 0 radical (unpaired) electrons. The van der Waals surface area contributed by atoms with Crippen LogP contribution in [0.25, 0.3) is 0 Å². The normalized spacial score (nSPS) is 17.1. The number of benzene rings is 3. The van der Waals surface area contributed by atoms with Gasteiger partial charge in [-0.15, -0.1) is 0 Å². The Bertz CT molecular complexity index is 1210. The van der Waals surface area contributed by atoms with Crippen LogP contribution in [0.1, 0.15) is 42.2 Å². The largest absolute Gasteiger partial charge is 0.484 e. The van der Waals surface area contributed by atoms with Crippen molar-refractivity contribution in [3.63, 3.8) is 0 Å². The molecule has 3 aromatic rings. The van der Waals surface area contributed by atoms with Gasteiger partial charge in [0.1, 0.15) is 5.75 Å². The topological polar surface area (TPSA) is 75.2 Å². The summed E-state index contributed by atoms with van der Waals surface area (Å²) in [4.78, 5) is 15.2. The van der Waals surface area contributed by atoms with Gasteiger partial charge in [-0.05, 0) is 43.5 Å². The zero-order chi connectivity index (χ0) is 24.0. The number of methoxy groups -OCH3 is 1. The lowest BCUT2D eigenvalue weighted by Crippen LogP contribution is -2.31. The molecule has 0 bridgehead atoms. The SMILES string of the molecule is COC1NN=C(c2ccc(N3CCCCC3)c(NC(=O)COc3ccccc3)c2)c2ccccc21. The van der Waals surface area contributed by atoms with E-state index < -0.39 is 0 Å². The number of fused-ring (bicyclic) bond motifs is 1. The monoisotopic (exact) mass is 470 g/mol. The molecule has 1 atom stereocenters. The van der Waals surface area contributed by atoms with Gasteiger partial charge in [-0.3, -0.25) is 10.2 Å². The van der Waals surface area contributed by atoms with E-state index in [0.29, 0.717) is 5.75 Å². The minimum Gasteiger partial charge on any atom is -0.484 e. The Morgan fingerprint density at radius 2 is 1.80 bits per heavy atom. The van der Waals surface area contributed by atoms with Gasteiger partial charge in [0.2, 0.25) is 0 Å². The molecule has 2 heterocycles. The molecule has 5 rings (SSSR count). The van der Waals surface area contributed by atoms with Gasteiger partial charge in [-0.25, -0.2) is 0 Å². The lowest BCUT2D eigenvalue weighted by atomic mass is 9.94. The van der Waals surface area contributed by atoms with E-state index in [4.69, 9.17) is 9.47 Å². The molecule has 0 aromatic heterocycles. The molecule has 0 saturated carbocycles. The first-order chi connectivity index (χ1) is 17.2. The molecule has 0 aliphatic carbocycles. The average molecular weight is 471 g/mol. The summed E-state index contributed by atoms with van der Waals surface area (Å²) < 4.78 is 11.2. The van der Waals surface area contributed by atoms with Crippen molar-refractivity contribution in [2.24, 2.45) is 5.10 Å². The highest BCUT2D eigenvalue weighted by Crippen LogP contribution is 2.32. The van der Waals surface area contributed by atoms with Gasteiger partial charge in [0.05, 0.1) is 17.1 Å². The van der Waals surface area contributed by atoms with Gasteiger partial charge in [-0.2, -0.15) is 5.10 Å². The van der Waals surface area contributed by atoms with Crippen LogP contribution >= 0.6 is 0 Å². The average Bonchev–Trinajstić information content (AvgIpc) is 2.92. The number of hydrogen-bond donors (Lipinski definition) is 2. The molecule has 1 amide bonds. The highest BCUT2D eigenvalue weighted by Gasteiger charge is 2.24. The number of carbonyl (C=O) groups excluding carboxylic acids is 1. The fraction of sp³-hybridized carbons (Fsp3) is 0.286. The molecule has 0 spiro atoms. The lowest BCUT2D eigenvalue weighted by Gasteiger charge is -2.31. The molecular formula is C28H30N4O3. The van der Waals surface area contributed by atoms with E-state index in [-0.39, 0.29) is 18.7 Å². The smallest absolute Gasteiger partial charge is 0.262 e. The molecule has 2 N–H and O–H groups in total. The summed E-state index contributed by atoms with van der Waals surface area (Å²) in [5.41, 5.74) is 8.65. The lowest BCUT2D eigenvalue weighted by molar-refractivity contribution is -0.118. The highest BCUT2D eigenvalue weighted by atomic mass is 16.5. The van der Waals surface area contributed by atoms with Gasteiger partial charge in [0, 0.05) is 36.9 Å². The number of carbonyl (C=O) groups is 1. The Labute approximate surface area is 205 Å². The van der Waals surface area contributed by atoms with E-state index in [1.54, 1.807) is 7.11 Å². The molecule has 35 heavy (non-hydrogen) atoms. The predicted octanol–water partition coefficient (Wildman–Crippen LogP) is 4.70. The third-order valence-corrected chi connectivity index (χ3v) is 6.38. The maximum atomic E-state index is 12.9. The van der Waals surface area contributed by atoms with E-state index in [1.165, 1.54) is 6.42 Å². The summed E-state index contributed by atoms with van der Waals surface area (Å²) in [5.74, 6) is 0.465. The molecule has 7 nitrogen and oxygen atoms in total. The number of hydrazone groups is 1. The Morgan fingerprint density at radius 3 is 2.60 bits per heavy atom. The van der Waals surface area contributed by atoms with Crippen LogP contribution in [0.3, 0.4) is 0 Å². The third kappa shape index (κ3) is 5.15. The Balaban J connectivity index is 1.44. The Hall–Kier alpha value is -3.84. The summed E-state index contributed by atoms with van der Waals surface area (Å²) in [6, 6.07) is 23.6. The van der Waals surface area contributed by atoms with Crippen LogP contribution in [-0.2, 0) is 9.53 Å². The van der Waals surface area contributed by atoms with Crippen molar-refractivity contribution in [2.45, 2.75) is 25.5 Å². The minimum atomic E-state index is -0.295. The quantitative estimate of drug-likeness (QED) is 0.524. The van der Waals surface area contributed by atoms with Crippen molar-refractivity contribution in [1.82, 2.24) is 5.43 Å². The number of ether oxygens (including phenoxy) is 2. The molecule has 3 aromatic carbocycles. The summed E-state index contributed by atoms with van der Waals surface area (Å²) in [6.07, 6.45) is 3.24. The van der Waals surface area contributed by atoms with Crippen LogP contribution in [0.15, 0.2) is 77.9 Å². The third-order valence-electron chi connectivity index (χ3n) is 6.38. The van der Waals surface area contributed by atoms with Gasteiger partial charge in [0.15, 0.2) is 12.8 Å². The second-order valence-electron chi connectivity index (χ2n) is 8.72. The van der Waals surface area contributed by atoms with Gasteiger partial charge < -0.3 is 19.7 Å². The number of hydrogen-bond acceptors (Lipinski definition) is 6. The van der Waals surface area contributed by atoms with Crippen molar-refractivity contribution in [3.8, 4) is 5.75 Å². The van der Waals surface area contributed by atoms with Crippen LogP contribution in [0.5, 0.6) is 5.75 Å². The first-order valence-corrected chi connectivity index (χ1v) is 12.1. The highest BCUT2D eigenvalue weighted by molar-refractivity contribution is 6.15. The number of amides is 1. The Morgan fingerprint density at radius 1 is 1.03 bits per heavy atom. The van der Waals surface area contributed by atoms with Gasteiger partial charge in [0.25, 0.3) is 5.91 Å². The first-order valence-electron chi connectivity index (χ1n) is 12.1. The fourth-order valence-corrected chi connectivity index (χ4v) is 4.64. The second kappa shape index (κ2) is 10.6. The van der Waals surface area contributed by atoms with Crippen LogP contribution in [0, 0.1) is 0 Å². The molecule has 1 fully saturated rings. The predicted molar refractivity (Wildman–Crippen MR) is 138 cm³/mol. The molecule has 2 aliphatic rings. The number of nitrogens with zero attached hydrogens (tertiary/aromatic N) is 2. The van der Waals surface area contributed by atoms with Crippen molar-refractivity contribution >= 4 is 23.0 Å². The molecule has 7 heteroatoms.